The van der Waals surface area contributed by atoms with E-state index < -0.39 is 5.54 Å². The Balaban J connectivity index is 2.24. The van der Waals surface area contributed by atoms with E-state index in [1.165, 1.54) is 51.7 Å². The van der Waals surface area contributed by atoms with Crippen LogP contribution in [0.3, 0.4) is 0 Å². The summed E-state index contributed by atoms with van der Waals surface area (Å²) in [5.74, 6) is -0.220. The van der Waals surface area contributed by atoms with E-state index in [2.05, 4.69) is 17.1 Å². The highest BCUT2D eigenvalue weighted by Gasteiger charge is 2.29. The van der Waals surface area contributed by atoms with Crippen molar-refractivity contribution < 1.29 is 4.79 Å². The first-order valence-corrected chi connectivity index (χ1v) is 8.86. The van der Waals surface area contributed by atoms with Gasteiger partial charge in [0.1, 0.15) is 0 Å². The highest BCUT2D eigenvalue weighted by molar-refractivity contribution is 5.84. The van der Waals surface area contributed by atoms with Crippen LogP contribution in [0.5, 0.6) is 0 Å². The molecule has 21 heavy (non-hydrogen) atoms. The first-order valence-electron chi connectivity index (χ1n) is 8.86. The van der Waals surface area contributed by atoms with Crippen molar-refractivity contribution in [1.82, 2.24) is 10.2 Å². The SMILES string of the molecule is CCCNC(C)(CCCCN1CCCCCCC1)C(N)=O. The van der Waals surface area contributed by atoms with Crippen LogP contribution in [0, 0.1) is 0 Å². The van der Waals surface area contributed by atoms with Crippen molar-refractivity contribution in [2.24, 2.45) is 5.73 Å². The number of rotatable bonds is 9. The van der Waals surface area contributed by atoms with E-state index in [0.717, 1.165) is 32.2 Å². The molecule has 1 rings (SSSR count). The van der Waals surface area contributed by atoms with E-state index in [9.17, 15) is 4.79 Å². The number of carbonyl (C=O) groups is 1. The van der Waals surface area contributed by atoms with Crippen LogP contribution in [0.15, 0.2) is 0 Å². The van der Waals surface area contributed by atoms with Crippen LogP contribution in [0.2, 0.25) is 0 Å². The Kier molecular flexibility index (Phi) is 8.93. The van der Waals surface area contributed by atoms with E-state index >= 15 is 0 Å². The van der Waals surface area contributed by atoms with Gasteiger partial charge >= 0.3 is 0 Å². The lowest BCUT2D eigenvalue weighted by molar-refractivity contribution is -0.124. The van der Waals surface area contributed by atoms with Crippen LogP contribution < -0.4 is 11.1 Å². The van der Waals surface area contributed by atoms with Crippen LogP contribution in [0.1, 0.15) is 71.6 Å². The largest absolute Gasteiger partial charge is 0.368 e. The number of carbonyl (C=O) groups excluding carboxylic acids is 1. The minimum Gasteiger partial charge on any atom is -0.368 e. The third kappa shape index (κ3) is 7.28. The van der Waals surface area contributed by atoms with E-state index in [1.807, 2.05) is 6.92 Å². The molecule has 0 spiro atoms. The number of nitrogens with one attached hydrogen (secondary N) is 1. The molecule has 0 bridgehead atoms. The predicted octanol–water partition coefficient (Wildman–Crippen LogP) is 2.67. The molecule has 1 saturated heterocycles. The second-order valence-electron chi connectivity index (χ2n) is 6.69. The van der Waals surface area contributed by atoms with E-state index in [0.29, 0.717) is 0 Å². The lowest BCUT2D eigenvalue weighted by Crippen LogP contribution is -2.53. The number of unbranched alkanes of at least 4 members (excludes halogenated alkanes) is 1. The van der Waals surface area contributed by atoms with Gasteiger partial charge in [0.2, 0.25) is 5.91 Å². The molecule has 0 radical (unpaired) electrons. The molecule has 0 saturated carbocycles. The third-order valence-electron chi connectivity index (χ3n) is 4.66. The molecule has 1 aliphatic rings. The molecule has 1 unspecified atom stereocenters. The van der Waals surface area contributed by atoms with Crippen LogP contribution in [0.25, 0.3) is 0 Å². The summed E-state index contributed by atoms with van der Waals surface area (Å²) in [6, 6.07) is 0. The number of hydrogen-bond acceptors (Lipinski definition) is 3. The van der Waals surface area contributed by atoms with Gasteiger partial charge in [0.05, 0.1) is 5.54 Å². The lowest BCUT2D eigenvalue weighted by atomic mass is 9.93. The zero-order valence-corrected chi connectivity index (χ0v) is 14.1. The number of hydrogen-bond donors (Lipinski definition) is 2. The molecular weight excluding hydrogens is 262 g/mol. The van der Waals surface area contributed by atoms with Gasteiger partial charge in [-0.25, -0.2) is 0 Å². The van der Waals surface area contributed by atoms with Gasteiger partial charge in [-0.3, -0.25) is 4.79 Å². The van der Waals surface area contributed by atoms with Crippen molar-refractivity contribution in [3.63, 3.8) is 0 Å². The number of amides is 1. The Morgan fingerprint density at radius 2 is 1.76 bits per heavy atom. The first kappa shape index (κ1) is 18.4. The molecule has 0 aromatic carbocycles. The van der Waals surface area contributed by atoms with Crippen molar-refractivity contribution in [2.45, 2.75) is 77.2 Å². The first-order chi connectivity index (χ1) is 10.1. The smallest absolute Gasteiger partial charge is 0.237 e. The quantitative estimate of drug-likeness (QED) is 0.643. The second kappa shape index (κ2) is 10.2. The maximum absolute atomic E-state index is 11.7. The van der Waals surface area contributed by atoms with Gasteiger partial charge in [0, 0.05) is 0 Å². The van der Waals surface area contributed by atoms with Crippen LogP contribution >= 0.6 is 0 Å². The van der Waals surface area contributed by atoms with Crippen molar-refractivity contribution in [2.75, 3.05) is 26.2 Å². The predicted molar refractivity (Wildman–Crippen MR) is 89.3 cm³/mol. The Hall–Kier alpha value is -0.610. The fourth-order valence-electron chi connectivity index (χ4n) is 3.05. The average molecular weight is 297 g/mol. The number of nitrogens with zero attached hydrogens (tertiary/aromatic N) is 1. The standard InChI is InChI=1S/C17H35N3O/c1-3-12-19-17(2,16(18)21)11-7-10-15-20-13-8-5-4-6-9-14-20/h19H,3-15H2,1-2H3,(H2,18,21). The molecule has 1 fully saturated rings. The second-order valence-corrected chi connectivity index (χ2v) is 6.69. The molecule has 3 N–H and O–H groups in total. The average Bonchev–Trinajstić information content (AvgIpc) is 2.42. The molecule has 1 amide bonds. The van der Waals surface area contributed by atoms with Gasteiger partial charge in [-0.05, 0) is 71.6 Å². The summed E-state index contributed by atoms with van der Waals surface area (Å²) in [5.41, 5.74) is 5.03. The van der Waals surface area contributed by atoms with Crippen LogP contribution in [-0.4, -0.2) is 42.5 Å². The molecule has 1 aliphatic heterocycles. The van der Waals surface area contributed by atoms with Crippen LogP contribution in [-0.2, 0) is 4.79 Å². The van der Waals surface area contributed by atoms with E-state index in [-0.39, 0.29) is 5.91 Å². The summed E-state index contributed by atoms with van der Waals surface area (Å²) in [6.45, 7) is 8.58. The normalized spacial score (nSPS) is 20.5. The summed E-state index contributed by atoms with van der Waals surface area (Å²) in [6.07, 6.45) is 11.0. The summed E-state index contributed by atoms with van der Waals surface area (Å²) < 4.78 is 0. The highest BCUT2D eigenvalue weighted by atomic mass is 16.1. The summed E-state index contributed by atoms with van der Waals surface area (Å²) in [4.78, 5) is 14.3. The summed E-state index contributed by atoms with van der Waals surface area (Å²) >= 11 is 0. The summed E-state index contributed by atoms with van der Waals surface area (Å²) in [7, 11) is 0. The van der Waals surface area contributed by atoms with Gasteiger partial charge in [-0.15, -0.1) is 0 Å². The Morgan fingerprint density at radius 1 is 1.14 bits per heavy atom. The molecule has 1 atom stereocenters. The minimum absolute atomic E-state index is 0.220. The van der Waals surface area contributed by atoms with Gasteiger partial charge in [0.25, 0.3) is 0 Å². The van der Waals surface area contributed by atoms with Gasteiger partial charge in [0.15, 0.2) is 0 Å². The zero-order chi connectivity index (χ0) is 15.6. The van der Waals surface area contributed by atoms with Gasteiger partial charge in [-0.1, -0.05) is 26.2 Å². The van der Waals surface area contributed by atoms with Crippen molar-refractivity contribution in [3.05, 3.63) is 0 Å². The van der Waals surface area contributed by atoms with Crippen LogP contribution in [0.4, 0.5) is 0 Å². The summed E-state index contributed by atoms with van der Waals surface area (Å²) in [5, 5.41) is 3.31. The van der Waals surface area contributed by atoms with Gasteiger partial charge in [-0.2, -0.15) is 0 Å². The maximum Gasteiger partial charge on any atom is 0.237 e. The number of likely N-dealkylation sites (tertiary alicyclic amines) is 1. The maximum atomic E-state index is 11.7. The van der Waals surface area contributed by atoms with E-state index in [1.54, 1.807) is 0 Å². The fraction of sp³-hybridized carbons (Fsp3) is 0.941. The number of primary amides is 1. The van der Waals surface area contributed by atoms with Crippen molar-refractivity contribution >= 4 is 5.91 Å². The monoisotopic (exact) mass is 297 g/mol. The zero-order valence-electron chi connectivity index (χ0n) is 14.1. The molecule has 4 nitrogen and oxygen atoms in total. The van der Waals surface area contributed by atoms with Crippen molar-refractivity contribution in [3.8, 4) is 0 Å². The fourth-order valence-corrected chi connectivity index (χ4v) is 3.05. The molecule has 1 heterocycles. The lowest BCUT2D eigenvalue weighted by Gasteiger charge is -2.28. The molecule has 0 aromatic rings. The minimum atomic E-state index is -0.535. The highest BCUT2D eigenvalue weighted by Crippen LogP contribution is 2.15. The molecule has 124 valence electrons. The molecular formula is C17H35N3O. The molecule has 0 aromatic heterocycles. The number of nitrogens with two attached hydrogens (primary N) is 1. The Bertz CT molecular complexity index is 288. The Morgan fingerprint density at radius 3 is 2.33 bits per heavy atom. The Labute approximate surface area is 130 Å². The van der Waals surface area contributed by atoms with E-state index in [4.69, 9.17) is 5.73 Å². The topological polar surface area (TPSA) is 58.4 Å². The van der Waals surface area contributed by atoms with Gasteiger partial charge < -0.3 is 16.0 Å². The van der Waals surface area contributed by atoms with Crippen molar-refractivity contribution in [1.29, 1.82) is 0 Å². The third-order valence-corrected chi connectivity index (χ3v) is 4.66. The molecule has 4 heteroatoms. The molecule has 0 aliphatic carbocycles.